The number of anilines is 2. The van der Waals surface area contributed by atoms with Crippen LogP contribution in [0.1, 0.15) is 71.9 Å². The van der Waals surface area contributed by atoms with Crippen molar-refractivity contribution in [3.63, 3.8) is 0 Å². The quantitative estimate of drug-likeness (QED) is 0.346. The van der Waals surface area contributed by atoms with Crippen molar-refractivity contribution in [1.29, 1.82) is 0 Å². The van der Waals surface area contributed by atoms with Crippen LogP contribution in [-0.2, 0) is 20.7 Å². The van der Waals surface area contributed by atoms with E-state index in [1.807, 2.05) is 0 Å². The minimum absolute atomic E-state index is 0.0159. The molecular formula is C29H36F3N5O5S. The highest BCUT2D eigenvalue weighted by Gasteiger charge is 2.41. The van der Waals surface area contributed by atoms with Gasteiger partial charge in [-0.3, -0.25) is 14.3 Å². The second-order valence-electron chi connectivity index (χ2n) is 11.9. The Bertz CT molecular complexity index is 1580. The van der Waals surface area contributed by atoms with Crippen LogP contribution in [-0.4, -0.2) is 84.7 Å². The molecule has 2 fully saturated rings. The molecule has 2 amide bonds. The fraction of sp³-hybridized carbons (Fsp3) is 0.517. The number of alkyl halides is 2. The minimum Gasteiger partial charge on any atom is -0.388 e. The first-order valence-electron chi connectivity index (χ1n) is 14.2. The number of aromatic nitrogens is 1. The van der Waals surface area contributed by atoms with Crippen LogP contribution in [0.25, 0.3) is 11.6 Å². The number of piperidine rings is 2. The van der Waals surface area contributed by atoms with Gasteiger partial charge in [0.05, 0.1) is 39.9 Å². The predicted molar refractivity (Wildman–Crippen MR) is 157 cm³/mol. The molecule has 0 bridgehead atoms. The van der Waals surface area contributed by atoms with E-state index >= 15 is 8.78 Å². The van der Waals surface area contributed by atoms with Crippen molar-refractivity contribution in [1.82, 2.24) is 14.8 Å². The van der Waals surface area contributed by atoms with E-state index in [9.17, 15) is 27.5 Å². The Morgan fingerprint density at radius 3 is 2.42 bits per heavy atom. The van der Waals surface area contributed by atoms with Gasteiger partial charge in [-0.15, -0.1) is 0 Å². The Morgan fingerprint density at radius 2 is 1.81 bits per heavy atom. The van der Waals surface area contributed by atoms with Crippen LogP contribution in [0.4, 0.5) is 24.5 Å². The van der Waals surface area contributed by atoms with E-state index in [4.69, 9.17) is 0 Å². The van der Waals surface area contributed by atoms with Crippen LogP contribution < -0.4 is 10.0 Å². The predicted octanol–water partition coefficient (Wildman–Crippen LogP) is 3.89. The second kappa shape index (κ2) is 11.3. The smallest absolute Gasteiger partial charge is 0.273 e. The number of halogens is 3. The number of aliphatic hydroxyl groups is 1. The number of fused-ring (bicyclic) bond motifs is 1. The number of amides is 2. The van der Waals surface area contributed by atoms with Crippen LogP contribution in [0.15, 0.2) is 12.1 Å². The second-order valence-corrected chi connectivity index (χ2v) is 13.7. The van der Waals surface area contributed by atoms with E-state index in [0.29, 0.717) is 26.3 Å². The average Bonchev–Trinajstić information content (AvgIpc) is 3.40. The van der Waals surface area contributed by atoms with Gasteiger partial charge in [-0.05, 0) is 57.8 Å². The Labute approximate surface area is 248 Å². The van der Waals surface area contributed by atoms with Crippen molar-refractivity contribution >= 4 is 44.9 Å². The molecule has 3 aliphatic heterocycles. The van der Waals surface area contributed by atoms with E-state index < -0.39 is 44.7 Å². The summed E-state index contributed by atoms with van der Waals surface area (Å²) in [7, 11) is -3.83. The molecule has 2 saturated heterocycles. The largest absolute Gasteiger partial charge is 0.388 e. The van der Waals surface area contributed by atoms with Gasteiger partial charge in [0.25, 0.3) is 17.7 Å². The molecule has 3 aliphatic rings. The van der Waals surface area contributed by atoms with Crippen molar-refractivity contribution in [2.24, 2.45) is 0 Å². The van der Waals surface area contributed by atoms with Gasteiger partial charge in [0.15, 0.2) is 0 Å². The number of nitrogens with zero attached hydrogens (tertiary/aromatic N) is 2. The summed E-state index contributed by atoms with van der Waals surface area (Å²) in [6.07, 6.45) is 5.97. The number of sulfonamides is 1. The van der Waals surface area contributed by atoms with E-state index in [0.717, 1.165) is 50.4 Å². The van der Waals surface area contributed by atoms with Gasteiger partial charge in [0.2, 0.25) is 10.0 Å². The zero-order chi connectivity index (χ0) is 31.3. The number of H-pyrrole nitrogens is 1. The van der Waals surface area contributed by atoms with Crippen molar-refractivity contribution in [2.45, 2.75) is 57.5 Å². The standard InChI is InChI=1S/C29H36F3N5O5S/c1-17-23(27(39)37-11-7-29(40,8-12-37)16-36-9-5-4-6-10-36)24(28(2,31)32)21(33-17)15-20-19-13-18(30)14-22(35-43(3,41)42)25(19)34-26(20)38/h13-15,33,35,40H,4-12,16H2,1-3H3,(H,34,38)/b20-15-. The lowest BCUT2D eigenvalue weighted by atomic mass is 9.89. The number of hydrogen-bond donors (Lipinski definition) is 4. The number of rotatable bonds is 7. The van der Waals surface area contributed by atoms with Crippen LogP contribution in [0.3, 0.4) is 0 Å². The Balaban J connectivity index is 1.45. The Morgan fingerprint density at radius 1 is 1.16 bits per heavy atom. The number of benzene rings is 1. The molecule has 5 rings (SSSR count). The summed E-state index contributed by atoms with van der Waals surface area (Å²) in [5, 5.41) is 13.7. The van der Waals surface area contributed by atoms with Gasteiger partial charge in [0.1, 0.15) is 5.82 Å². The molecule has 2 aromatic rings. The molecule has 1 aromatic carbocycles. The van der Waals surface area contributed by atoms with Gasteiger partial charge in [-0.25, -0.2) is 21.6 Å². The maximum absolute atomic E-state index is 15.2. The van der Waals surface area contributed by atoms with Crippen molar-refractivity contribution in [3.8, 4) is 0 Å². The summed E-state index contributed by atoms with van der Waals surface area (Å²) in [5.74, 6) is -5.73. The molecule has 0 spiro atoms. The number of aryl methyl sites for hydroxylation is 1. The maximum Gasteiger partial charge on any atom is 0.273 e. The molecule has 1 aromatic heterocycles. The van der Waals surface area contributed by atoms with Crippen molar-refractivity contribution < 1.29 is 36.3 Å². The highest BCUT2D eigenvalue weighted by atomic mass is 32.2. The number of carbonyl (C=O) groups excluding carboxylic acids is 2. The first kappa shape index (κ1) is 31.1. The summed E-state index contributed by atoms with van der Waals surface area (Å²) in [6, 6.07) is 1.90. The lowest BCUT2D eigenvalue weighted by Crippen LogP contribution is -2.53. The van der Waals surface area contributed by atoms with Crippen LogP contribution in [0.2, 0.25) is 0 Å². The summed E-state index contributed by atoms with van der Waals surface area (Å²) >= 11 is 0. The van der Waals surface area contributed by atoms with Gasteiger partial charge >= 0.3 is 0 Å². The third-order valence-electron chi connectivity index (χ3n) is 8.28. The zero-order valence-electron chi connectivity index (χ0n) is 24.3. The van der Waals surface area contributed by atoms with E-state index in [1.165, 1.54) is 18.2 Å². The molecule has 4 N–H and O–H groups in total. The summed E-state index contributed by atoms with van der Waals surface area (Å²) in [4.78, 5) is 33.1. The number of hydrogen-bond acceptors (Lipinski definition) is 6. The van der Waals surface area contributed by atoms with Gasteiger partial charge < -0.3 is 25.2 Å². The molecule has 14 heteroatoms. The number of β-amino-alcohol motifs (C(OH)–C–C–N with tert-alkyl or cyclic N) is 1. The third-order valence-corrected chi connectivity index (χ3v) is 8.87. The topological polar surface area (TPSA) is 135 Å². The Hall–Kier alpha value is -3.36. The first-order chi connectivity index (χ1) is 20.0. The lowest BCUT2D eigenvalue weighted by molar-refractivity contribution is -0.110. The molecule has 0 unspecified atom stereocenters. The summed E-state index contributed by atoms with van der Waals surface area (Å²) in [6.45, 7) is 4.89. The van der Waals surface area contributed by atoms with E-state index in [-0.39, 0.29) is 52.6 Å². The SMILES string of the molecule is Cc1[nH]c(/C=C2\C(=O)Nc3c(NS(C)(=O)=O)cc(F)cc32)c(C(C)(F)F)c1C(=O)N1CCC(O)(CN2CCCCC2)CC1. The molecule has 43 heavy (non-hydrogen) atoms. The fourth-order valence-corrected chi connectivity index (χ4v) is 6.84. The van der Waals surface area contributed by atoms with Gasteiger partial charge in [0, 0.05) is 49.6 Å². The highest BCUT2D eigenvalue weighted by molar-refractivity contribution is 7.92. The molecule has 4 heterocycles. The molecule has 0 aliphatic carbocycles. The van der Waals surface area contributed by atoms with Crippen LogP contribution >= 0.6 is 0 Å². The molecular weight excluding hydrogens is 587 g/mol. The summed E-state index contributed by atoms with van der Waals surface area (Å²) in [5.41, 5.74) is -2.26. The third kappa shape index (κ3) is 6.60. The molecule has 10 nitrogen and oxygen atoms in total. The van der Waals surface area contributed by atoms with Gasteiger partial charge in [-0.1, -0.05) is 6.42 Å². The molecule has 0 radical (unpaired) electrons. The van der Waals surface area contributed by atoms with Crippen LogP contribution in [0, 0.1) is 12.7 Å². The molecule has 0 saturated carbocycles. The van der Waals surface area contributed by atoms with Crippen molar-refractivity contribution in [2.75, 3.05) is 49.0 Å². The Kier molecular flexibility index (Phi) is 8.16. The lowest BCUT2D eigenvalue weighted by Gasteiger charge is -2.42. The number of aromatic amines is 1. The number of nitrogens with one attached hydrogen (secondary N) is 3. The normalized spacial score (nSPS) is 20.3. The van der Waals surface area contributed by atoms with E-state index in [1.54, 1.807) is 0 Å². The van der Waals surface area contributed by atoms with Crippen molar-refractivity contribution in [3.05, 3.63) is 46.0 Å². The van der Waals surface area contributed by atoms with E-state index in [2.05, 4.69) is 19.9 Å². The zero-order valence-corrected chi connectivity index (χ0v) is 25.1. The molecule has 234 valence electrons. The number of carbonyl (C=O) groups is 2. The van der Waals surface area contributed by atoms with Crippen LogP contribution in [0.5, 0.6) is 0 Å². The first-order valence-corrected chi connectivity index (χ1v) is 16.1. The average molecular weight is 624 g/mol. The fourth-order valence-electron chi connectivity index (χ4n) is 6.28. The number of likely N-dealkylation sites (tertiary alicyclic amines) is 2. The highest BCUT2D eigenvalue weighted by Crippen LogP contribution is 2.42. The minimum atomic E-state index is -3.83. The summed E-state index contributed by atoms with van der Waals surface area (Å²) < 4.78 is 70.5. The molecule has 0 atom stereocenters. The monoisotopic (exact) mass is 623 g/mol. The van der Waals surface area contributed by atoms with Gasteiger partial charge in [-0.2, -0.15) is 0 Å². The maximum atomic E-state index is 15.2.